The van der Waals surface area contributed by atoms with Gasteiger partial charge in [-0.15, -0.1) is 11.3 Å². The third-order valence-electron chi connectivity index (χ3n) is 4.07. The van der Waals surface area contributed by atoms with E-state index in [0.717, 1.165) is 35.8 Å². The number of amides is 1. The van der Waals surface area contributed by atoms with Gasteiger partial charge in [0.25, 0.3) is 5.91 Å². The summed E-state index contributed by atoms with van der Waals surface area (Å²) in [7, 11) is 0. The predicted molar refractivity (Wildman–Crippen MR) is 92.1 cm³/mol. The molecule has 1 aromatic heterocycles. The van der Waals surface area contributed by atoms with Crippen LogP contribution in [-0.4, -0.2) is 24.0 Å². The van der Waals surface area contributed by atoms with Gasteiger partial charge >= 0.3 is 5.97 Å². The summed E-state index contributed by atoms with van der Waals surface area (Å²) in [6.45, 7) is 1.59. The van der Waals surface area contributed by atoms with Crippen LogP contribution >= 0.6 is 22.9 Å². The Morgan fingerprint density at radius 2 is 2.00 bits per heavy atom. The first-order valence-electron chi connectivity index (χ1n) is 7.74. The topological polar surface area (TPSA) is 55.4 Å². The van der Waals surface area contributed by atoms with Gasteiger partial charge in [0.05, 0.1) is 5.02 Å². The van der Waals surface area contributed by atoms with Crippen molar-refractivity contribution in [3.8, 4) is 0 Å². The Balaban J connectivity index is 1.67. The minimum absolute atomic E-state index is 0.205. The van der Waals surface area contributed by atoms with Crippen molar-refractivity contribution < 1.29 is 14.3 Å². The Labute approximate surface area is 143 Å². The van der Waals surface area contributed by atoms with Gasteiger partial charge in [0.2, 0.25) is 0 Å². The second-order valence-electron chi connectivity index (χ2n) is 5.78. The zero-order valence-corrected chi connectivity index (χ0v) is 14.4. The summed E-state index contributed by atoms with van der Waals surface area (Å²) in [5, 5.41) is 4.15. The number of ether oxygens (including phenoxy) is 1. The van der Waals surface area contributed by atoms with Gasteiger partial charge in [-0.1, -0.05) is 42.6 Å². The van der Waals surface area contributed by atoms with E-state index in [1.165, 1.54) is 11.3 Å². The smallest absolute Gasteiger partial charge is 0.350 e. The summed E-state index contributed by atoms with van der Waals surface area (Å²) in [6.07, 6.45) is 3.43. The van der Waals surface area contributed by atoms with Gasteiger partial charge in [0, 0.05) is 16.1 Å². The van der Waals surface area contributed by atoms with Crippen molar-refractivity contribution in [2.24, 2.45) is 0 Å². The molecular formula is C17H18ClNO3S. The minimum Gasteiger partial charge on any atom is -0.448 e. The Hall–Kier alpha value is -1.59. The van der Waals surface area contributed by atoms with Crippen molar-refractivity contribution in [2.45, 2.75) is 44.8 Å². The molecule has 0 unspecified atom stereocenters. The average molecular weight is 352 g/mol. The number of nitrogens with one attached hydrogen (secondary N) is 1. The molecule has 0 saturated heterocycles. The maximum absolute atomic E-state index is 12.3. The molecule has 1 aliphatic carbocycles. The number of carbonyl (C=O) groups is 2. The fraction of sp³-hybridized carbons (Fsp3) is 0.412. The van der Waals surface area contributed by atoms with Crippen molar-refractivity contribution in [3.05, 3.63) is 34.2 Å². The number of thiophene rings is 1. The first-order chi connectivity index (χ1) is 11.1. The van der Waals surface area contributed by atoms with Gasteiger partial charge in [-0.05, 0) is 25.8 Å². The van der Waals surface area contributed by atoms with Crippen molar-refractivity contribution in [1.82, 2.24) is 5.32 Å². The van der Waals surface area contributed by atoms with Crippen LogP contribution in [-0.2, 0) is 9.53 Å². The van der Waals surface area contributed by atoms with Gasteiger partial charge in [0.15, 0.2) is 6.10 Å². The summed E-state index contributed by atoms with van der Waals surface area (Å²) in [5.41, 5.74) is 0. The van der Waals surface area contributed by atoms with E-state index in [9.17, 15) is 9.59 Å². The number of hydrogen-bond donors (Lipinski definition) is 1. The van der Waals surface area contributed by atoms with E-state index in [0.29, 0.717) is 9.90 Å². The average Bonchev–Trinajstić information content (AvgIpc) is 3.16. The molecule has 0 aliphatic heterocycles. The zero-order chi connectivity index (χ0) is 16.4. The van der Waals surface area contributed by atoms with Crippen LogP contribution in [0.5, 0.6) is 0 Å². The molecule has 122 valence electrons. The van der Waals surface area contributed by atoms with Crippen LogP contribution < -0.4 is 5.32 Å². The summed E-state index contributed by atoms with van der Waals surface area (Å²) < 4.78 is 6.22. The Kier molecular flexibility index (Phi) is 4.87. The van der Waals surface area contributed by atoms with Crippen LogP contribution in [0, 0.1) is 0 Å². The normalized spacial score (nSPS) is 16.4. The lowest BCUT2D eigenvalue weighted by molar-refractivity contribution is -0.129. The van der Waals surface area contributed by atoms with E-state index in [1.54, 1.807) is 6.92 Å². The fourth-order valence-electron chi connectivity index (χ4n) is 2.80. The van der Waals surface area contributed by atoms with Gasteiger partial charge < -0.3 is 10.1 Å². The zero-order valence-electron chi connectivity index (χ0n) is 12.8. The Bertz CT molecular complexity index is 737. The lowest BCUT2D eigenvalue weighted by atomic mass is 10.2. The lowest BCUT2D eigenvalue weighted by Gasteiger charge is -2.16. The molecule has 4 nitrogen and oxygen atoms in total. The van der Waals surface area contributed by atoms with Crippen LogP contribution in [0.15, 0.2) is 24.3 Å². The van der Waals surface area contributed by atoms with Crippen molar-refractivity contribution in [1.29, 1.82) is 0 Å². The van der Waals surface area contributed by atoms with Crippen LogP contribution in [0.1, 0.15) is 42.3 Å². The van der Waals surface area contributed by atoms with E-state index in [2.05, 4.69) is 5.32 Å². The molecule has 0 spiro atoms. The van der Waals surface area contributed by atoms with E-state index < -0.39 is 12.1 Å². The molecule has 0 radical (unpaired) electrons. The number of esters is 1. The van der Waals surface area contributed by atoms with E-state index >= 15 is 0 Å². The van der Waals surface area contributed by atoms with Crippen molar-refractivity contribution >= 4 is 44.9 Å². The second kappa shape index (κ2) is 6.89. The quantitative estimate of drug-likeness (QED) is 0.841. The fourth-order valence-corrected chi connectivity index (χ4v) is 4.19. The third kappa shape index (κ3) is 3.51. The highest BCUT2D eigenvalue weighted by molar-refractivity contribution is 7.21. The van der Waals surface area contributed by atoms with Crippen LogP contribution in [0.3, 0.4) is 0 Å². The van der Waals surface area contributed by atoms with Crippen LogP contribution in [0.2, 0.25) is 5.02 Å². The summed E-state index contributed by atoms with van der Waals surface area (Å²) >= 11 is 7.54. The largest absolute Gasteiger partial charge is 0.448 e. The Morgan fingerprint density at radius 3 is 2.70 bits per heavy atom. The number of halogens is 1. The lowest BCUT2D eigenvalue weighted by Crippen LogP contribution is -2.40. The van der Waals surface area contributed by atoms with E-state index in [4.69, 9.17) is 16.3 Å². The van der Waals surface area contributed by atoms with Gasteiger partial charge in [-0.2, -0.15) is 0 Å². The van der Waals surface area contributed by atoms with E-state index in [-0.39, 0.29) is 11.9 Å². The predicted octanol–water partition coefficient (Wildman–Crippen LogP) is 4.16. The van der Waals surface area contributed by atoms with Crippen LogP contribution in [0.25, 0.3) is 10.1 Å². The maximum Gasteiger partial charge on any atom is 0.350 e. The molecule has 1 aromatic carbocycles. The first kappa shape index (κ1) is 16.3. The standard InChI is InChI=1S/C17H18ClNO3S/c1-10(16(20)19-11-6-2-3-7-11)22-17(21)15-14(18)12-8-4-5-9-13(12)23-15/h4-5,8-11H,2-3,6-7H2,1H3,(H,19,20)/t10-/m0/s1. The van der Waals surface area contributed by atoms with Gasteiger partial charge in [-0.3, -0.25) is 4.79 Å². The molecule has 1 amide bonds. The molecule has 1 atom stereocenters. The second-order valence-corrected chi connectivity index (χ2v) is 7.21. The first-order valence-corrected chi connectivity index (χ1v) is 8.94. The molecule has 1 fully saturated rings. The number of carbonyl (C=O) groups excluding carboxylic acids is 2. The highest BCUT2D eigenvalue weighted by Gasteiger charge is 2.25. The SMILES string of the molecule is C[C@H](OC(=O)c1sc2ccccc2c1Cl)C(=O)NC1CCCC1. The molecule has 1 heterocycles. The van der Waals surface area contributed by atoms with Crippen molar-refractivity contribution in [3.63, 3.8) is 0 Å². The molecule has 1 saturated carbocycles. The molecule has 6 heteroatoms. The maximum atomic E-state index is 12.3. The molecule has 1 aliphatic rings. The molecule has 1 N–H and O–H groups in total. The number of benzene rings is 1. The molecule has 0 bridgehead atoms. The Morgan fingerprint density at radius 1 is 1.30 bits per heavy atom. The number of fused-ring (bicyclic) bond motifs is 1. The summed E-state index contributed by atoms with van der Waals surface area (Å²) in [4.78, 5) is 24.8. The monoisotopic (exact) mass is 351 g/mol. The van der Waals surface area contributed by atoms with Gasteiger partial charge in [-0.25, -0.2) is 4.79 Å². The minimum atomic E-state index is -0.829. The highest BCUT2D eigenvalue weighted by Crippen LogP contribution is 2.35. The van der Waals surface area contributed by atoms with Gasteiger partial charge in [0.1, 0.15) is 4.88 Å². The molecule has 23 heavy (non-hydrogen) atoms. The molecular weight excluding hydrogens is 334 g/mol. The molecule has 2 aromatic rings. The summed E-state index contributed by atoms with van der Waals surface area (Å²) in [6, 6.07) is 7.73. The number of rotatable bonds is 4. The summed E-state index contributed by atoms with van der Waals surface area (Å²) in [5.74, 6) is -0.798. The third-order valence-corrected chi connectivity index (χ3v) is 5.73. The van der Waals surface area contributed by atoms with Crippen LogP contribution in [0.4, 0.5) is 0 Å². The molecule has 3 rings (SSSR count). The number of hydrogen-bond acceptors (Lipinski definition) is 4. The highest BCUT2D eigenvalue weighted by atomic mass is 35.5. The van der Waals surface area contributed by atoms with Crippen molar-refractivity contribution in [2.75, 3.05) is 0 Å². The van der Waals surface area contributed by atoms with E-state index in [1.807, 2.05) is 24.3 Å².